The number of thiocarbonyl (C=S) groups is 1. The van der Waals surface area contributed by atoms with Crippen LogP contribution in [0.5, 0.6) is 0 Å². The van der Waals surface area contributed by atoms with Gasteiger partial charge in [0.1, 0.15) is 19.1 Å². The van der Waals surface area contributed by atoms with Crippen LogP contribution in [-0.2, 0) is 11.3 Å². The Morgan fingerprint density at radius 2 is 1.75 bits per heavy atom. The van der Waals surface area contributed by atoms with E-state index < -0.39 is 0 Å². The molecule has 0 aliphatic carbocycles. The van der Waals surface area contributed by atoms with Crippen LogP contribution in [0.1, 0.15) is 0 Å². The van der Waals surface area contributed by atoms with E-state index in [9.17, 15) is 9.59 Å². The van der Waals surface area contributed by atoms with Crippen LogP contribution < -0.4 is 24.6 Å². The monoisotopic (exact) mass is 495 g/mol. The summed E-state index contributed by atoms with van der Waals surface area (Å²) < 4.78 is 3.29. The molecule has 1 saturated heterocycles. The topological polar surface area (TPSA) is 45.6 Å². The van der Waals surface area contributed by atoms with Gasteiger partial charge in [0.05, 0.1) is 11.4 Å². The lowest BCUT2D eigenvalue weighted by Crippen LogP contribution is -2.35. The molecule has 0 spiro atoms. The van der Waals surface area contributed by atoms with Crippen molar-refractivity contribution in [1.29, 1.82) is 0 Å². The number of benzene rings is 2. The van der Waals surface area contributed by atoms with E-state index in [1.54, 1.807) is 22.4 Å². The number of amides is 1. The normalized spacial score (nSPS) is 19.0. The summed E-state index contributed by atoms with van der Waals surface area (Å²) in [6.07, 6.45) is 1.67. The highest BCUT2D eigenvalue weighted by molar-refractivity contribution is 8.31. The zero-order chi connectivity index (χ0) is 22.4. The van der Waals surface area contributed by atoms with Crippen molar-refractivity contribution in [2.45, 2.75) is 11.4 Å². The Kier molecular flexibility index (Phi) is 5.58. The van der Waals surface area contributed by atoms with Crippen LogP contribution in [0, 0.1) is 0 Å². The van der Waals surface area contributed by atoms with Crippen molar-refractivity contribution in [2.75, 3.05) is 16.8 Å². The fourth-order valence-electron chi connectivity index (χ4n) is 3.61. The van der Waals surface area contributed by atoms with Crippen LogP contribution >= 0.6 is 47.1 Å². The molecule has 0 unspecified atom stereocenters. The Bertz CT molecular complexity index is 1460. The first-order chi connectivity index (χ1) is 15.5. The fraction of sp³-hybridized carbons (Fsp3) is 0.0870. The van der Waals surface area contributed by atoms with Crippen molar-refractivity contribution in [3.63, 3.8) is 0 Å². The molecular formula is C23H17N3O2S4. The fourth-order valence-corrected chi connectivity index (χ4v) is 7.52. The molecule has 3 aromatic rings. The van der Waals surface area contributed by atoms with Crippen LogP contribution in [0.15, 0.2) is 76.9 Å². The van der Waals surface area contributed by atoms with Gasteiger partial charge in [-0.25, -0.2) is 0 Å². The van der Waals surface area contributed by atoms with Gasteiger partial charge in [0.25, 0.3) is 11.5 Å². The van der Waals surface area contributed by atoms with E-state index in [1.807, 2.05) is 66.5 Å². The van der Waals surface area contributed by atoms with Crippen LogP contribution in [0.2, 0.25) is 0 Å². The molecule has 2 aliphatic rings. The Balaban J connectivity index is 1.73. The predicted octanol–water partition coefficient (Wildman–Crippen LogP) is 3.58. The smallest absolute Gasteiger partial charge is 0.273 e. The van der Waals surface area contributed by atoms with Crippen molar-refractivity contribution < 1.29 is 4.79 Å². The first kappa shape index (κ1) is 21.3. The molecule has 32 heavy (non-hydrogen) atoms. The number of para-hydroxylation sites is 2. The molecule has 1 amide bonds. The van der Waals surface area contributed by atoms with Crippen LogP contribution in [0.25, 0.3) is 9.93 Å². The largest absolute Gasteiger partial charge is 0.337 e. The van der Waals surface area contributed by atoms with Gasteiger partial charge in [-0.1, -0.05) is 72.1 Å². The van der Waals surface area contributed by atoms with E-state index in [0.29, 0.717) is 25.0 Å². The molecule has 1 fully saturated rings. The predicted molar refractivity (Wildman–Crippen MR) is 140 cm³/mol. The van der Waals surface area contributed by atoms with E-state index >= 15 is 0 Å². The molecule has 0 radical (unpaired) electrons. The Morgan fingerprint density at radius 1 is 1.03 bits per heavy atom. The van der Waals surface area contributed by atoms with E-state index in [2.05, 4.69) is 6.58 Å². The quantitative estimate of drug-likeness (QED) is 0.409. The average Bonchev–Trinajstić information content (AvgIpc) is 3.41. The molecule has 0 bridgehead atoms. The van der Waals surface area contributed by atoms with Crippen LogP contribution in [0.4, 0.5) is 11.4 Å². The third-order valence-corrected chi connectivity index (χ3v) is 9.15. The number of thioether (sulfide) groups is 2. The molecule has 0 atom stereocenters. The molecule has 9 heteroatoms. The first-order valence-corrected chi connectivity index (χ1v) is 12.6. The Morgan fingerprint density at radius 3 is 2.47 bits per heavy atom. The Labute approximate surface area is 202 Å². The second-order valence-corrected chi connectivity index (χ2v) is 10.7. The van der Waals surface area contributed by atoms with E-state index in [-0.39, 0.29) is 11.5 Å². The van der Waals surface area contributed by atoms with Gasteiger partial charge in [-0.2, -0.15) is 0 Å². The van der Waals surface area contributed by atoms with Gasteiger partial charge in [0, 0.05) is 18.5 Å². The molecular weight excluding hydrogens is 479 g/mol. The summed E-state index contributed by atoms with van der Waals surface area (Å²) in [4.78, 5) is 32.0. The lowest BCUT2D eigenvalue weighted by Gasteiger charge is -2.13. The molecule has 2 aliphatic heterocycles. The third-order valence-electron chi connectivity index (χ3n) is 5.10. The second kappa shape index (κ2) is 8.40. The second-order valence-electron chi connectivity index (χ2n) is 7.05. The molecule has 1 aromatic heterocycles. The minimum atomic E-state index is -0.211. The number of carbonyl (C=O) groups is 1. The van der Waals surface area contributed by atoms with Crippen molar-refractivity contribution in [1.82, 2.24) is 4.57 Å². The van der Waals surface area contributed by atoms with E-state index in [1.165, 1.54) is 28.0 Å². The zero-order valence-electron chi connectivity index (χ0n) is 17.0. The van der Waals surface area contributed by atoms with Crippen molar-refractivity contribution in [2.24, 2.45) is 0 Å². The lowest BCUT2D eigenvalue weighted by atomic mass is 10.3. The minimum absolute atomic E-state index is 0.128. The number of carbonyl (C=O) groups excluding carboxylic acids is 1. The van der Waals surface area contributed by atoms with Gasteiger partial charge in [-0.15, -0.1) is 17.9 Å². The molecule has 160 valence electrons. The van der Waals surface area contributed by atoms with E-state index in [0.717, 1.165) is 21.3 Å². The standard InChI is InChI=1S/C23H17N3O2S4/c1-3-13-25-19(27)17(21-24(2)15-11-7-8-12-16(15)30-21)31-22(25)18-20(28)26(23(29)32-18)14-9-5-4-6-10-14/h3-12H,1,13H2,2H3. The van der Waals surface area contributed by atoms with Gasteiger partial charge >= 0.3 is 0 Å². The molecule has 3 heterocycles. The summed E-state index contributed by atoms with van der Waals surface area (Å²) in [6.45, 7) is 4.11. The number of thiazole rings is 1. The number of anilines is 2. The first-order valence-electron chi connectivity index (χ1n) is 9.72. The van der Waals surface area contributed by atoms with Gasteiger partial charge < -0.3 is 4.90 Å². The van der Waals surface area contributed by atoms with Gasteiger partial charge in [-0.3, -0.25) is 19.1 Å². The van der Waals surface area contributed by atoms with Crippen LogP contribution in [-0.4, -0.2) is 21.8 Å². The highest BCUT2D eigenvalue weighted by atomic mass is 32.2. The number of hydrogen-bond donors (Lipinski definition) is 0. The average molecular weight is 496 g/mol. The molecule has 5 nitrogen and oxygen atoms in total. The highest BCUT2D eigenvalue weighted by Crippen LogP contribution is 2.45. The van der Waals surface area contributed by atoms with Gasteiger partial charge in [0.15, 0.2) is 4.32 Å². The van der Waals surface area contributed by atoms with Crippen molar-refractivity contribution >= 4 is 78.6 Å². The summed E-state index contributed by atoms with van der Waals surface area (Å²) in [6, 6.07) is 17.4. The Hall–Kier alpha value is -2.59. The summed E-state index contributed by atoms with van der Waals surface area (Å²) in [7, 11) is 1.96. The highest BCUT2D eigenvalue weighted by Gasteiger charge is 2.35. The number of hydrogen-bond acceptors (Lipinski definition) is 7. The number of fused-ring (bicyclic) bond motifs is 1. The summed E-state index contributed by atoms with van der Waals surface area (Å²) in [5.41, 5.74) is 1.65. The zero-order valence-corrected chi connectivity index (χ0v) is 20.2. The van der Waals surface area contributed by atoms with Crippen LogP contribution in [0.3, 0.4) is 0 Å². The molecule has 2 aromatic carbocycles. The van der Waals surface area contributed by atoms with Gasteiger partial charge in [0.2, 0.25) is 0 Å². The van der Waals surface area contributed by atoms with Crippen molar-refractivity contribution in [3.05, 3.63) is 86.8 Å². The molecule has 0 saturated carbocycles. The number of allylic oxidation sites excluding steroid dienone is 1. The SMILES string of the molecule is C=CCn1c(=C2SC(=S)N(c3ccccc3)C2=O)sc(=C2Sc3ccccc3N2C)c1=O. The maximum Gasteiger partial charge on any atom is 0.273 e. The summed E-state index contributed by atoms with van der Waals surface area (Å²) in [5.74, 6) is -0.211. The third kappa shape index (κ3) is 3.36. The number of rotatable bonds is 3. The molecule has 5 rings (SSSR count). The summed E-state index contributed by atoms with van der Waals surface area (Å²) in [5, 5.41) is 0.865. The van der Waals surface area contributed by atoms with Gasteiger partial charge in [-0.05, 0) is 24.3 Å². The maximum absolute atomic E-state index is 13.4. The van der Waals surface area contributed by atoms with Crippen molar-refractivity contribution in [3.8, 4) is 0 Å². The number of nitrogens with zero attached hydrogens (tertiary/aromatic N) is 3. The maximum atomic E-state index is 13.4. The summed E-state index contributed by atoms with van der Waals surface area (Å²) >= 11 is 9.66. The molecule has 0 N–H and O–H groups in total. The lowest BCUT2D eigenvalue weighted by molar-refractivity contribution is -0.112. The van der Waals surface area contributed by atoms with E-state index in [4.69, 9.17) is 12.2 Å². The minimum Gasteiger partial charge on any atom is -0.337 e. The number of aromatic nitrogens is 1.